The van der Waals surface area contributed by atoms with Gasteiger partial charge < -0.3 is 14.9 Å². The lowest BCUT2D eigenvalue weighted by Crippen LogP contribution is -2.44. The second-order valence-electron chi connectivity index (χ2n) is 5.01. The summed E-state index contributed by atoms with van der Waals surface area (Å²) >= 11 is 0. The van der Waals surface area contributed by atoms with Crippen molar-refractivity contribution in [2.75, 3.05) is 0 Å². The maximum atomic E-state index is 12.3. The van der Waals surface area contributed by atoms with E-state index in [1.807, 2.05) is 0 Å². The Labute approximate surface area is 110 Å². The molecule has 2 bridgehead atoms. The predicted octanol–water partition coefficient (Wildman–Crippen LogP) is -3.08. The van der Waals surface area contributed by atoms with E-state index in [1.165, 1.54) is 11.7 Å². The van der Waals surface area contributed by atoms with Crippen LogP contribution >= 0.6 is 0 Å². The third-order valence-electron chi connectivity index (χ3n) is 3.88. The molecule has 4 atom stereocenters. The Kier molecular flexibility index (Phi) is 2.08. The summed E-state index contributed by atoms with van der Waals surface area (Å²) in [4.78, 5) is 24.3. The van der Waals surface area contributed by atoms with Crippen LogP contribution in [0.3, 0.4) is 0 Å². The van der Waals surface area contributed by atoms with E-state index >= 15 is 0 Å². The van der Waals surface area contributed by atoms with Crippen LogP contribution in [-0.2, 0) is 18.3 Å². The molecule has 0 amide bonds. The van der Waals surface area contributed by atoms with Crippen molar-refractivity contribution < 1.29 is 14.9 Å². The highest BCUT2D eigenvalue weighted by Crippen LogP contribution is 2.33. The van der Waals surface area contributed by atoms with Gasteiger partial charge in [0, 0.05) is 7.05 Å². The van der Waals surface area contributed by atoms with Gasteiger partial charge >= 0.3 is 5.69 Å². The first-order valence-electron chi connectivity index (χ1n) is 6.07. The molecule has 0 radical (unpaired) electrons. The Bertz CT molecular complexity index is 835. The highest BCUT2D eigenvalue weighted by molar-refractivity contribution is 5.69. The van der Waals surface area contributed by atoms with Crippen LogP contribution < -0.4 is 11.2 Å². The molecular formula is C10H11N5O5. The summed E-state index contributed by atoms with van der Waals surface area (Å²) in [7, 11) is 1.31. The van der Waals surface area contributed by atoms with Crippen LogP contribution in [-0.4, -0.2) is 52.7 Å². The SMILES string of the molecule is Cn1c(=O)c2nnn3c2n(c1=O)[C@@H]1O[C@H](C3)C(O)C1O. The van der Waals surface area contributed by atoms with Gasteiger partial charge in [-0.05, 0) is 0 Å². The second-order valence-corrected chi connectivity index (χ2v) is 5.01. The van der Waals surface area contributed by atoms with Gasteiger partial charge in [0.25, 0.3) is 5.56 Å². The Balaban J connectivity index is 2.17. The molecule has 2 aromatic heterocycles. The fourth-order valence-corrected chi connectivity index (χ4v) is 2.80. The number of ether oxygens (including phenoxy) is 1. The quantitative estimate of drug-likeness (QED) is 0.524. The first kappa shape index (κ1) is 11.8. The highest BCUT2D eigenvalue weighted by atomic mass is 16.6. The molecule has 2 aromatic rings. The number of aliphatic hydroxyl groups excluding tert-OH is 2. The van der Waals surface area contributed by atoms with Gasteiger partial charge in [0.2, 0.25) is 0 Å². The molecule has 2 aliphatic rings. The average molecular weight is 281 g/mol. The molecule has 4 heterocycles. The fraction of sp³-hybridized carbons (Fsp3) is 0.600. The largest absolute Gasteiger partial charge is 0.387 e. The number of nitrogens with zero attached hydrogens (tertiary/aromatic N) is 5. The third kappa shape index (κ3) is 1.18. The maximum absolute atomic E-state index is 12.3. The fourth-order valence-electron chi connectivity index (χ4n) is 2.80. The molecule has 4 rings (SSSR count). The lowest BCUT2D eigenvalue weighted by Gasteiger charge is -2.19. The van der Waals surface area contributed by atoms with Crippen molar-refractivity contribution in [2.45, 2.75) is 31.1 Å². The molecule has 10 heteroatoms. The normalized spacial score (nSPS) is 31.8. The molecule has 2 N–H and O–H groups in total. The molecule has 0 spiro atoms. The van der Waals surface area contributed by atoms with E-state index in [4.69, 9.17) is 4.74 Å². The first-order valence-corrected chi connectivity index (χ1v) is 6.07. The van der Waals surface area contributed by atoms with E-state index in [1.54, 1.807) is 0 Å². The highest BCUT2D eigenvalue weighted by Gasteiger charge is 2.47. The summed E-state index contributed by atoms with van der Waals surface area (Å²) in [5.41, 5.74) is -0.966. The number of rotatable bonds is 0. The molecule has 1 saturated heterocycles. The zero-order valence-electron chi connectivity index (χ0n) is 10.4. The average Bonchev–Trinajstić information content (AvgIpc) is 2.89. The van der Waals surface area contributed by atoms with Gasteiger partial charge in [0.05, 0.1) is 6.54 Å². The molecule has 10 nitrogen and oxygen atoms in total. The van der Waals surface area contributed by atoms with Crippen LogP contribution in [0.25, 0.3) is 11.2 Å². The number of aliphatic hydroxyl groups is 2. The lowest BCUT2D eigenvalue weighted by atomic mass is 10.1. The number of hydrogen-bond acceptors (Lipinski definition) is 7. The van der Waals surface area contributed by atoms with E-state index in [0.29, 0.717) is 0 Å². The summed E-state index contributed by atoms with van der Waals surface area (Å²) in [6, 6.07) is 0. The van der Waals surface area contributed by atoms with Gasteiger partial charge in [-0.1, -0.05) is 5.21 Å². The van der Waals surface area contributed by atoms with E-state index < -0.39 is 35.8 Å². The van der Waals surface area contributed by atoms with Crippen LogP contribution in [0.4, 0.5) is 0 Å². The van der Waals surface area contributed by atoms with Gasteiger partial charge in [-0.2, -0.15) is 0 Å². The van der Waals surface area contributed by atoms with Crippen molar-refractivity contribution in [3.8, 4) is 0 Å². The van der Waals surface area contributed by atoms with Crippen molar-refractivity contribution >= 4 is 11.2 Å². The smallest absolute Gasteiger partial charge is 0.334 e. The third-order valence-corrected chi connectivity index (χ3v) is 3.88. The Morgan fingerprint density at radius 1 is 1.30 bits per heavy atom. The Morgan fingerprint density at radius 2 is 2.05 bits per heavy atom. The minimum Gasteiger partial charge on any atom is -0.387 e. The Hall–Kier alpha value is -2.04. The van der Waals surface area contributed by atoms with E-state index in [9.17, 15) is 19.8 Å². The number of aromatic nitrogens is 5. The van der Waals surface area contributed by atoms with Crippen molar-refractivity contribution in [2.24, 2.45) is 7.05 Å². The van der Waals surface area contributed by atoms with Crippen LogP contribution in [0.15, 0.2) is 9.59 Å². The molecular weight excluding hydrogens is 270 g/mol. The van der Waals surface area contributed by atoms with Crippen LogP contribution in [0.1, 0.15) is 6.23 Å². The van der Waals surface area contributed by atoms with Gasteiger partial charge in [0.15, 0.2) is 17.4 Å². The molecule has 0 aliphatic carbocycles. The summed E-state index contributed by atoms with van der Waals surface area (Å²) in [6.07, 6.45) is -4.14. The molecule has 106 valence electrons. The lowest BCUT2D eigenvalue weighted by molar-refractivity contribution is -0.0363. The van der Waals surface area contributed by atoms with Crippen LogP contribution in [0.5, 0.6) is 0 Å². The molecule has 0 aromatic carbocycles. The van der Waals surface area contributed by atoms with Gasteiger partial charge in [-0.3, -0.25) is 9.36 Å². The maximum Gasteiger partial charge on any atom is 0.334 e. The van der Waals surface area contributed by atoms with E-state index in [2.05, 4.69) is 10.3 Å². The summed E-state index contributed by atoms with van der Waals surface area (Å²) < 4.78 is 8.86. The first-order chi connectivity index (χ1) is 9.50. The van der Waals surface area contributed by atoms with E-state index in [-0.39, 0.29) is 17.7 Å². The summed E-state index contributed by atoms with van der Waals surface area (Å²) in [5.74, 6) is 0. The molecule has 2 aliphatic heterocycles. The van der Waals surface area contributed by atoms with Crippen molar-refractivity contribution in [1.82, 2.24) is 24.1 Å². The van der Waals surface area contributed by atoms with Crippen molar-refractivity contribution in [1.29, 1.82) is 0 Å². The van der Waals surface area contributed by atoms with Gasteiger partial charge in [0.1, 0.15) is 18.3 Å². The van der Waals surface area contributed by atoms with E-state index in [0.717, 1.165) is 9.13 Å². The zero-order chi connectivity index (χ0) is 14.2. The number of hydrogen-bond donors (Lipinski definition) is 2. The minimum absolute atomic E-state index is 0.0324. The van der Waals surface area contributed by atoms with Gasteiger partial charge in [-0.15, -0.1) is 5.10 Å². The summed E-state index contributed by atoms with van der Waals surface area (Å²) in [6.45, 7) is 0.109. The molecule has 2 unspecified atom stereocenters. The molecule has 1 fully saturated rings. The second kappa shape index (κ2) is 3.53. The predicted molar refractivity (Wildman–Crippen MR) is 63.0 cm³/mol. The zero-order valence-corrected chi connectivity index (χ0v) is 10.4. The summed E-state index contributed by atoms with van der Waals surface area (Å²) in [5, 5.41) is 27.5. The standard InChI is InChI=1S/C10H11N5O5/c1-13-8(18)4-7-14(12-11-4)2-3-5(16)6(17)9(20-3)15(7)10(13)19/h3,5-6,9,16-17H,2H2,1H3/t3-,5?,6?,9-/m1/s1. The van der Waals surface area contributed by atoms with Crippen molar-refractivity contribution in [3.05, 3.63) is 20.8 Å². The molecule has 20 heavy (non-hydrogen) atoms. The topological polar surface area (TPSA) is 124 Å². The number of fused-ring (bicyclic) bond motifs is 3. The molecule has 0 saturated carbocycles. The van der Waals surface area contributed by atoms with Crippen LogP contribution in [0.2, 0.25) is 0 Å². The van der Waals surface area contributed by atoms with Crippen LogP contribution in [0, 0.1) is 0 Å². The minimum atomic E-state index is -1.25. The monoisotopic (exact) mass is 281 g/mol. The van der Waals surface area contributed by atoms with Gasteiger partial charge in [-0.25, -0.2) is 14.0 Å². The Morgan fingerprint density at radius 3 is 2.80 bits per heavy atom. The van der Waals surface area contributed by atoms with Crippen molar-refractivity contribution in [3.63, 3.8) is 0 Å².